The second-order valence-corrected chi connectivity index (χ2v) is 2.66. The molecule has 1 heterocycles. The van der Waals surface area contributed by atoms with Gasteiger partial charge >= 0.3 is 0 Å². The van der Waals surface area contributed by atoms with Gasteiger partial charge in [0.2, 0.25) is 4.77 Å². The van der Waals surface area contributed by atoms with Crippen LogP contribution >= 0.6 is 12.2 Å². The Labute approximate surface area is 79.0 Å². The van der Waals surface area contributed by atoms with Gasteiger partial charge in [-0.1, -0.05) is 10.3 Å². The molecule has 1 aromatic heterocycles. The third-order valence-electron chi connectivity index (χ3n) is 1.46. The molecule has 1 aromatic rings. The smallest absolute Gasteiger partial charge is 0.268 e. The van der Waals surface area contributed by atoms with Crippen LogP contribution in [0.15, 0.2) is 0 Å². The highest BCUT2D eigenvalue weighted by atomic mass is 32.1. The van der Waals surface area contributed by atoms with E-state index in [1.807, 2.05) is 0 Å². The van der Waals surface area contributed by atoms with E-state index in [1.54, 1.807) is 6.92 Å². The van der Waals surface area contributed by atoms with Crippen molar-refractivity contribution in [3.8, 4) is 0 Å². The van der Waals surface area contributed by atoms with Crippen LogP contribution in [0.2, 0.25) is 0 Å². The maximum atomic E-state index is 11.2. The lowest BCUT2D eigenvalue weighted by molar-refractivity contribution is -0.134. The molecule has 1 atom stereocenters. The first-order valence-corrected chi connectivity index (χ1v) is 3.90. The highest BCUT2D eigenvalue weighted by Crippen LogP contribution is 2.01. The summed E-state index contributed by atoms with van der Waals surface area (Å²) in [5.41, 5.74) is 2.18. The van der Waals surface area contributed by atoms with Gasteiger partial charge in [-0.3, -0.25) is 9.63 Å². The molecule has 0 aromatic carbocycles. The van der Waals surface area contributed by atoms with E-state index in [2.05, 4.69) is 25.8 Å². The monoisotopic (exact) mass is 203 g/mol. The normalized spacial score (nSPS) is 12.5. The van der Waals surface area contributed by atoms with Gasteiger partial charge in [0.25, 0.3) is 5.91 Å². The second kappa shape index (κ2) is 4.10. The molecule has 1 amide bonds. The summed E-state index contributed by atoms with van der Waals surface area (Å²) in [4.78, 5) is 15.7. The first-order valence-electron chi connectivity index (χ1n) is 3.49. The quantitative estimate of drug-likeness (QED) is 0.514. The zero-order valence-corrected chi connectivity index (χ0v) is 7.96. The molecule has 0 spiro atoms. The number of hydroxylamine groups is 1. The molecule has 8 heteroatoms. The molecule has 0 aliphatic rings. The third kappa shape index (κ3) is 2.10. The molecule has 0 saturated carbocycles. The van der Waals surface area contributed by atoms with Crippen molar-refractivity contribution in [2.24, 2.45) is 0 Å². The molecular formula is C5H9N5O2S. The van der Waals surface area contributed by atoms with Crippen molar-refractivity contribution in [3.63, 3.8) is 0 Å². The van der Waals surface area contributed by atoms with Crippen molar-refractivity contribution in [2.75, 3.05) is 7.11 Å². The Balaban J connectivity index is 2.79. The topological polar surface area (TPSA) is 84.8 Å². The summed E-state index contributed by atoms with van der Waals surface area (Å²) in [6.45, 7) is 1.64. The van der Waals surface area contributed by atoms with E-state index in [-0.39, 0.29) is 10.7 Å². The lowest BCUT2D eigenvalue weighted by atomic mass is 10.3. The molecule has 0 saturated heterocycles. The van der Waals surface area contributed by atoms with Crippen molar-refractivity contribution in [3.05, 3.63) is 4.77 Å². The van der Waals surface area contributed by atoms with Gasteiger partial charge in [-0.15, -0.1) is 0 Å². The Morgan fingerprint density at radius 3 is 3.00 bits per heavy atom. The van der Waals surface area contributed by atoms with Gasteiger partial charge in [0.15, 0.2) is 0 Å². The summed E-state index contributed by atoms with van der Waals surface area (Å²) < 4.78 is 1.57. The van der Waals surface area contributed by atoms with Crippen LogP contribution in [0.5, 0.6) is 0 Å². The van der Waals surface area contributed by atoms with Crippen LogP contribution in [0.25, 0.3) is 0 Å². The zero-order valence-electron chi connectivity index (χ0n) is 7.14. The number of carbonyl (C=O) groups is 1. The predicted octanol–water partition coefficient (Wildman–Crippen LogP) is -0.426. The number of nitrogens with zero attached hydrogens (tertiary/aromatic N) is 3. The number of tetrazole rings is 1. The van der Waals surface area contributed by atoms with Gasteiger partial charge in [0.1, 0.15) is 6.04 Å². The van der Waals surface area contributed by atoms with Gasteiger partial charge in [-0.25, -0.2) is 10.2 Å². The molecular weight excluding hydrogens is 194 g/mol. The van der Waals surface area contributed by atoms with Crippen LogP contribution in [0.1, 0.15) is 13.0 Å². The molecule has 0 aliphatic carbocycles. The zero-order chi connectivity index (χ0) is 9.84. The summed E-state index contributed by atoms with van der Waals surface area (Å²) >= 11 is 4.80. The summed E-state index contributed by atoms with van der Waals surface area (Å²) in [5, 5.41) is 9.46. The molecule has 1 rings (SSSR count). The summed E-state index contributed by atoms with van der Waals surface area (Å²) in [6, 6.07) is -0.526. The Bertz CT molecular complexity index is 345. The fraction of sp³-hybridized carbons (Fsp3) is 0.600. The van der Waals surface area contributed by atoms with Crippen LogP contribution in [-0.2, 0) is 9.63 Å². The van der Waals surface area contributed by atoms with Crippen molar-refractivity contribution in [1.29, 1.82) is 0 Å². The summed E-state index contributed by atoms with van der Waals surface area (Å²) in [5.74, 6) is -0.329. The Hall–Kier alpha value is -1.28. The van der Waals surface area contributed by atoms with Gasteiger partial charge in [-0.2, -0.15) is 5.21 Å². The predicted molar refractivity (Wildman–Crippen MR) is 45.1 cm³/mol. The fourth-order valence-corrected chi connectivity index (χ4v) is 0.999. The standard InChI is InChI=1S/C5H9N5O2S/c1-3(4(11)7-12-2)10-5(13)6-8-9-10/h3H,1-2H3,(H,7,11)(H,6,9,13). The number of carbonyl (C=O) groups excluding carboxylic acids is 1. The van der Waals surface area contributed by atoms with Crippen molar-refractivity contribution < 1.29 is 9.63 Å². The van der Waals surface area contributed by atoms with Crippen molar-refractivity contribution in [2.45, 2.75) is 13.0 Å². The first kappa shape index (κ1) is 9.81. The fourth-order valence-electron chi connectivity index (χ4n) is 0.760. The number of H-pyrrole nitrogens is 1. The number of hydrogen-bond acceptors (Lipinski definition) is 5. The second-order valence-electron chi connectivity index (χ2n) is 2.30. The Morgan fingerprint density at radius 1 is 1.85 bits per heavy atom. The summed E-state index contributed by atoms with van der Waals surface area (Å²) in [7, 11) is 1.36. The largest absolute Gasteiger partial charge is 0.277 e. The maximum Gasteiger partial charge on any atom is 0.268 e. The molecule has 0 radical (unpaired) electrons. The highest BCUT2D eigenvalue weighted by molar-refractivity contribution is 7.71. The number of nitrogens with one attached hydrogen (secondary N) is 2. The highest BCUT2D eigenvalue weighted by Gasteiger charge is 2.15. The Morgan fingerprint density at radius 2 is 2.54 bits per heavy atom. The van der Waals surface area contributed by atoms with E-state index in [9.17, 15) is 4.79 Å². The summed E-state index contributed by atoms with van der Waals surface area (Å²) in [6.07, 6.45) is 0. The van der Waals surface area contributed by atoms with Gasteiger partial charge in [-0.05, 0) is 19.1 Å². The molecule has 0 aliphatic heterocycles. The molecule has 2 N–H and O–H groups in total. The van der Waals surface area contributed by atoms with Crippen LogP contribution in [0.4, 0.5) is 0 Å². The van der Waals surface area contributed by atoms with E-state index < -0.39 is 6.04 Å². The van der Waals surface area contributed by atoms with E-state index in [0.717, 1.165) is 0 Å². The minimum absolute atomic E-state index is 0.221. The number of rotatable bonds is 3. The van der Waals surface area contributed by atoms with Crippen LogP contribution in [0.3, 0.4) is 0 Å². The average molecular weight is 203 g/mol. The van der Waals surface area contributed by atoms with E-state index in [1.165, 1.54) is 11.8 Å². The lowest BCUT2D eigenvalue weighted by Gasteiger charge is -2.09. The van der Waals surface area contributed by atoms with Crippen LogP contribution in [-0.4, -0.2) is 33.2 Å². The van der Waals surface area contributed by atoms with Crippen molar-refractivity contribution >= 4 is 18.1 Å². The number of aromatic amines is 1. The third-order valence-corrected chi connectivity index (χ3v) is 1.74. The van der Waals surface area contributed by atoms with Gasteiger partial charge in [0.05, 0.1) is 7.11 Å². The lowest BCUT2D eigenvalue weighted by Crippen LogP contribution is -2.30. The number of amides is 1. The van der Waals surface area contributed by atoms with Crippen LogP contribution < -0.4 is 5.48 Å². The molecule has 7 nitrogen and oxygen atoms in total. The number of aromatic nitrogens is 4. The molecule has 13 heavy (non-hydrogen) atoms. The first-order chi connectivity index (χ1) is 6.16. The SMILES string of the molecule is CONC(=O)C(C)n1[nH]nnc1=S. The minimum atomic E-state index is -0.526. The number of hydrogen-bond donors (Lipinski definition) is 2. The Kier molecular flexibility index (Phi) is 3.09. The molecule has 72 valence electrons. The average Bonchev–Trinajstić information content (AvgIpc) is 2.50. The van der Waals surface area contributed by atoms with Gasteiger partial charge in [0, 0.05) is 0 Å². The van der Waals surface area contributed by atoms with Gasteiger partial charge < -0.3 is 0 Å². The van der Waals surface area contributed by atoms with Crippen LogP contribution in [0, 0.1) is 4.77 Å². The minimum Gasteiger partial charge on any atom is -0.277 e. The molecule has 0 bridgehead atoms. The molecule has 0 fully saturated rings. The van der Waals surface area contributed by atoms with Crippen molar-refractivity contribution in [1.82, 2.24) is 25.7 Å². The molecule has 1 unspecified atom stereocenters. The van der Waals surface area contributed by atoms with E-state index in [0.29, 0.717) is 0 Å². The van der Waals surface area contributed by atoms with E-state index in [4.69, 9.17) is 12.2 Å². The van der Waals surface area contributed by atoms with E-state index >= 15 is 0 Å². The maximum absolute atomic E-state index is 11.2.